The number of carboxylic acid groups (broad SMARTS) is 1. The van der Waals surface area contributed by atoms with Gasteiger partial charge in [0.05, 0.1) is 33.8 Å². The molecule has 0 radical (unpaired) electrons. The van der Waals surface area contributed by atoms with E-state index in [1.807, 2.05) is 45.0 Å². The number of carbonyl (C=O) groups excluding carboxylic acids is 5. The molecule has 3 aromatic rings. The molecular formula is C47H70N12O10. The number of aliphatic hydroxyl groups is 1. The molecule has 1 aliphatic rings. The zero-order valence-electron chi connectivity index (χ0n) is 40.0. The lowest BCUT2D eigenvalue weighted by Crippen LogP contribution is -2.58. The number of aromatic nitrogens is 1. The number of pyridine rings is 1. The summed E-state index contributed by atoms with van der Waals surface area (Å²) in [6.07, 6.45) is 3.14. The average molecular weight is 963 g/mol. The van der Waals surface area contributed by atoms with Crippen LogP contribution in [0.15, 0.2) is 41.4 Å². The summed E-state index contributed by atoms with van der Waals surface area (Å²) < 4.78 is 0. The monoisotopic (exact) mass is 963 g/mol. The number of nitrogens with one attached hydrogen (secondary N) is 5. The van der Waals surface area contributed by atoms with Gasteiger partial charge in [0.25, 0.3) is 5.69 Å². The first-order valence-electron chi connectivity index (χ1n) is 23.8. The molecule has 0 saturated carbocycles. The van der Waals surface area contributed by atoms with Gasteiger partial charge in [-0.05, 0) is 95.7 Å². The number of carbonyl (C=O) groups is 6. The minimum absolute atomic E-state index is 0.0142. The molecule has 7 atom stereocenters. The highest BCUT2D eigenvalue weighted by molar-refractivity contribution is 6.12. The quantitative estimate of drug-likeness (QED) is 0.0119. The van der Waals surface area contributed by atoms with Crippen molar-refractivity contribution in [2.75, 3.05) is 31.5 Å². The number of para-hydroxylation sites is 1. The lowest BCUT2D eigenvalue weighted by molar-refractivity contribution is -0.383. The van der Waals surface area contributed by atoms with Crippen LogP contribution in [-0.2, 0) is 28.8 Å². The third-order valence-electron chi connectivity index (χ3n) is 12.5. The Morgan fingerprint density at radius 2 is 1.62 bits per heavy atom. The van der Waals surface area contributed by atoms with Crippen molar-refractivity contribution in [3.05, 3.63) is 52.1 Å². The molecule has 1 fully saturated rings. The maximum Gasteiger partial charge on any atom is 0.328 e. The van der Waals surface area contributed by atoms with Crippen molar-refractivity contribution in [2.24, 2.45) is 28.1 Å². The van der Waals surface area contributed by atoms with Gasteiger partial charge in [-0.15, -0.1) is 0 Å². The number of likely N-dealkylation sites (tertiary alicyclic amines) is 1. The molecule has 378 valence electrons. The molecule has 1 saturated heterocycles. The Balaban J connectivity index is 1.40. The van der Waals surface area contributed by atoms with Gasteiger partial charge in [-0.3, -0.25) is 39.1 Å². The van der Waals surface area contributed by atoms with Crippen molar-refractivity contribution in [2.45, 2.75) is 141 Å². The number of aliphatic imine (C=N–C) groups is 1. The largest absolute Gasteiger partial charge is 0.480 e. The van der Waals surface area contributed by atoms with Gasteiger partial charge in [0, 0.05) is 37.5 Å². The second kappa shape index (κ2) is 26.8. The first-order valence-corrected chi connectivity index (χ1v) is 23.8. The van der Waals surface area contributed by atoms with E-state index in [1.54, 1.807) is 6.07 Å². The third-order valence-corrected chi connectivity index (χ3v) is 12.5. The van der Waals surface area contributed by atoms with Crippen molar-refractivity contribution >= 4 is 74.6 Å². The summed E-state index contributed by atoms with van der Waals surface area (Å²) in [6, 6.07) is 5.08. The Hall–Kier alpha value is -6.68. The van der Waals surface area contributed by atoms with Crippen LogP contribution in [0.2, 0.25) is 0 Å². The number of fused-ring (bicyclic) bond motifs is 2. The number of aliphatic carboxylic acids is 1. The number of primary amides is 1. The number of carboxylic acids is 1. The average Bonchev–Trinajstić information content (AvgIpc) is 3.80. The SMILES string of the molecule is CC[C@H](C)[C@H](NCCCC[C@H](NC(=O)[C@@H]1CCCN1C(=O)[C@H](CCCN=C(N)N)NC(=O)CCCCCNc1c2ccccc2nc2c(C)ccc([N+](=O)[O-])c12)C(=O)N[C@H](C(=O)O)[C@@H](C)O)C(N)=O. The predicted octanol–water partition coefficient (Wildman–Crippen LogP) is 2.20. The van der Waals surface area contributed by atoms with Crippen molar-refractivity contribution < 1.29 is 43.9 Å². The molecule has 0 bridgehead atoms. The number of nitro benzene ring substituents is 1. The molecular weight excluding hydrogens is 893 g/mol. The Morgan fingerprint density at radius 3 is 2.29 bits per heavy atom. The van der Waals surface area contributed by atoms with Crippen LogP contribution >= 0.6 is 0 Å². The van der Waals surface area contributed by atoms with Gasteiger partial charge in [-0.1, -0.05) is 51.0 Å². The van der Waals surface area contributed by atoms with E-state index in [9.17, 15) is 49.1 Å². The number of benzene rings is 2. The van der Waals surface area contributed by atoms with E-state index in [4.69, 9.17) is 22.2 Å². The van der Waals surface area contributed by atoms with Crippen LogP contribution in [0.25, 0.3) is 21.8 Å². The maximum absolute atomic E-state index is 14.3. The van der Waals surface area contributed by atoms with E-state index in [0.717, 1.165) is 17.4 Å². The van der Waals surface area contributed by atoms with Crippen LogP contribution in [0, 0.1) is 23.0 Å². The van der Waals surface area contributed by atoms with Crippen molar-refractivity contribution in [3.8, 4) is 0 Å². The fourth-order valence-corrected chi connectivity index (χ4v) is 8.51. The predicted molar refractivity (Wildman–Crippen MR) is 262 cm³/mol. The van der Waals surface area contributed by atoms with Crippen LogP contribution in [0.4, 0.5) is 11.4 Å². The molecule has 0 spiro atoms. The normalized spacial score (nSPS) is 16.1. The highest BCUT2D eigenvalue weighted by atomic mass is 16.6. The summed E-state index contributed by atoms with van der Waals surface area (Å²) in [5.41, 5.74) is 19.2. The van der Waals surface area contributed by atoms with E-state index in [-0.39, 0.29) is 62.2 Å². The number of non-ortho nitro benzene ring substituents is 1. The highest BCUT2D eigenvalue weighted by Gasteiger charge is 2.39. The fraction of sp³-hybridized carbons (Fsp3) is 0.574. The summed E-state index contributed by atoms with van der Waals surface area (Å²) in [5.74, 6) is -4.49. The van der Waals surface area contributed by atoms with E-state index in [2.05, 4.69) is 31.6 Å². The summed E-state index contributed by atoms with van der Waals surface area (Å²) in [6.45, 7) is 8.11. The van der Waals surface area contributed by atoms with Gasteiger partial charge in [0.1, 0.15) is 23.5 Å². The first kappa shape index (κ1) is 54.9. The molecule has 22 heteroatoms. The van der Waals surface area contributed by atoms with Gasteiger partial charge >= 0.3 is 5.97 Å². The highest BCUT2D eigenvalue weighted by Crippen LogP contribution is 2.38. The second-order valence-electron chi connectivity index (χ2n) is 17.7. The van der Waals surface area contributed by atoms with Crippen molar-refractivity contribution in [1.82, 2.24) is 31.2 Å². The Kier molecular flexibility index (Phi) is 21.3. The first-order chi connectivity index (χ1) is 32.9. The molecule has 1 aromatic heterocycles. The third kappa shape index (κ3) is 15.7. The Bertz CT molecular complexity index is 2320. The molecule has 5 amide bonds. The topological polar surface area (TPSA) is 353 Å². The zero-order chi connectivity index (χ0) is 50.8. The van der Waals surface area contributed by atoms with Crippen molar-refractivity contribution in [1.29, 1.82) is 0 Å². The minimum atomic E-state index is -1.65. The molecule has 2 heterocycles. The zero-order valence-corrected chi connectivity index (χ0v) is 40.0. The van der Waals surface area contributed by atoms with Gasteiger partial charge < -0.3 is 58.9 Å². The van der Waals surface area contributed by atoms with Crippen LogP contribution in [0.3, 0.4) is 0 Å². The van der Waals surface area contributed by atoms with Gasteiger partial charge in [-0.2, -0.15) is 0 Å². The van der Waals surface area contributed by atoms with Crippen LogP contribution in [-0.4, -0.2) is 129 Å². The number of unbranched alkanes of at least 4 members (excludes halogenated alkanes) is 3. The number of hydrogen-bond donors (Lipinski definition) is 10. The number of nitro groups is 1. The number of aliphatic hydroxyl groups excluding tert-OH is 1. The molecule has 0 unspecified atom stereocenters. The van der Waals surface area contributed by atoms with E-state index >= 15 is 0 Å². The number of nitrogens with zero attached hydrogens (tertiary/aromatic N) is 4. The summed E-state index contributed by atoms with van der Waals surface area (Å²) >= 11 is 0. The van der Waals surface area contributed by atoms with E-state index in [0.29, 0.717) is 80.1 Å². The molecule has 2 aromatic carbocycles. The van der Waals surface area contributed by atoms with Gasteiger partial charge in [-0.25, -0.2) is 9.78 Å². The standard InChI is InChI=1S/C47H70N12O10/c1-5-27(2)39(42(48)62)51-24-12-10-17-32(43(63)57-40(29(4)60)46(66)67)56-44(64)35-19-14-26-58(35)45(65)33(18-13-25-53-47(49)50)54-36(61)20-7-6-11-23-52-41-30-15-8-9-16-31(30)55-38-28(3)21-22-34(37(38)41)59(68)69/h8-9,15-16,21-22,27,29,32-33,35,39-40,51,60H,5-7,10-14,17-20,23-26H2,1-4H3,(H2,48,62)(H,52,55)(H,54,61)(H,56,64)(H,57,63)(H,66,67)(H4,49,50,53)/t27-,29+,32-,33-,35-,39-,40-/m0/s1. The molecule has 4 rings (SSSR count). The van der Waals surface area contributed by atoms with E-state index < -0.39 is 70.8 Å². The number of aryl methyl sites for hydroxylation is 1. The number of hydrogen-bond acceptors (Lipinski definition) is 13. The Morgan fingerprint density at radius 1 is 0.913 bits per heavy atom. The lowest BCUT2D eigenvalue weighted by atomic mass is 9.98. The molecule has 13 N–H and O–H groups in total. The summed E-state index contributed by atoms with van der Waals surface area (Å²) in [7, 11) is 0. The molecule has 69 heavy (non-hydrogen) atoms. The summed E-state index contributed by atoms with van der Waals surface area (Å²) in [5, 5.41) is 47.3. The number of amides is 5. The van der Waals surface area contributed by atoms with Crippen LogP contribution < -0.4 is 43.8 Å². The van der Waals surface area contributed by atoms with E-state index in [1.165, 1.54) is 17.9 Å². The minimum Gasteiger partial charge on any atom is -0.480 e. The number of guanidine groups is 1. The molecule has 22 nitrogen and oxygen atoms in total. The molecule has 1 aliphatic heterocycles. The number of nitrogens with two attached hydrogens (primary N) is 3. The van der Waals surface area contributed by atoms with Gasteiger partial charge in [0.15, 0.2) is 12.0 Å². The van der Waals surface area contributed by atoms with Crippen LogP contribution in [0.1, 0.15) is 103 Å². The number of rotatable bonds is 29. The Labute approximate surface area is 401 Å². The molecule has 0 aliphatic carbocycles. The maximum atomic E-state index is 14.3. The van der Waals surface area contributed by atoms with Crippen molar-refractivity contribution in [3.63, 3.8) is 0 Å². The summed E-state index contributed by atoms with van der Waals surface area (Å²) in [4.78, 5) is 101. The smallest absolute Gasteiger partial charge is 0.328 e. The number of anilines is 1. The fourth-order valence-electron chi connectivity index (χ4n) is 8.51. The lowest BCUT2D eigenvalue weighted by Gasteiger charge is -2.30. The van der Waals surface area contributed by atoms with Gasteiger partial charge in [0.2, 0.25) is 29.5 Å². The van der Waals surface area contributed by atoms with Crippen LogP contribution in [0.5, 0.6) is 0 Å². The second-order valence-corrected chi connectivity index (χ2v) is 17.7.